The van der Waals surface area contributed by atoms with E-state index in [1.165, 1.54) is 36.4 Å². The van der Waals surface area contributed by atoms with E-state index in [0.717, 1.165) is 5.69 Å². The maximum Gasteiger partial charge on any atom is 0.387 e. The van der Waals surface area contributed by atoms with E-state index in [0.29, 0.717) is 11.4 Å². The lowest BCUT2D eigenvalue weighted by Gasteiger charge is -2.10. The van der Waals surface area contributed by atoms with Gasteiger partial charge in [-0.15, -0.1) is 0 Å². The number of alkyl halides is 2. The Bertz CT molecular complexity index is 1160. The Morgan fingerprint density at radius 2 is 1.80 bits per heavy atom. The van der Waals surface area contributed by atoms with Crippen molar-refractivity contribution in [3.63, 3.8) is 0 Å². The fourth-order valence-electron chi connectivity index (χ4n) is 3.23. The average Bonchev–Trinajstić information content (AvgIpc) is 3.01. The molecule has 3 rings (SSSR count). The first-order valence-corrected chi connectivity index (χ1v) is 8.97. The van der Waals surface area contributed by atoms with Crippen LogP contribution >= 0.6 is 0 Å². The third kappa shape index (κ3) is 4.28. The number of nitrogens with zero attached hydrogens (tertiary/aromatic N) is 2. The number of ether oxygens (including phenoxy) is 1. The minimum Gasteiger partial charge on any atom is -0.434 e. The maximum absolute atomic E-state index is 13.2. The third-order valence-corrected chi connectivity index (χ3v) is 4.56. The minimum atomic E-state index is -3.03. The Morgan fingerprint density at radius 3 is 2.43 bits per heavy atom. The summed E-state index contributed by atoms with van der Waals surface area (Å²) in [5.41, 5.74) is 2.22. The number of ketones is 1. The number of hydrogen-bond donors (Lipinski definition) is 0. The maximum atomic E-state index is 13.2. The molecule has 2 aromatic carbocycles. The lowest BCUT2D eigenvalue weighted by atomic mass is 10.0. The molecule has 0 saturated heterocycles. The summed E-state index contributed by atoms with van der Waals surface area (Å²) < 4.78 is 44.7. The number of halogens is 3. The van der Waals surface area contributed by atoms with Gasteiger partial charge in [0.2, 0.25) is 5.78 Å². The number of aromatic nitrogens is 1. The standard InChI is InChI=1S/C23H17F3N2O2/c1-14-11-20(15(2)28(14)19-9-7-18(24)8-10-19)22(29)17(13-27)12-16-5-3-4-6-21(16)30-23(25)26/h3-12,23H,1-2H3/b17-12+. The number of para-hydroxylation sites is 1. The largest absolute Gasteiger partial charge is 0.434 e. The summed E-state index contributed by atoms with van der Waals surface area (Å²) in [6.07, 6.45) is 1.23. The number of Topliss-reactive ketones (excluding diaryl/α,β-unsaturated/α-hetero) is 1. The summed E-state index contributed by atoms with van der Waals surface area (Å²) in [6.45, 7) is 0.469. The average molecular weight is 410 g/mol. The number of nitriles is 1. The first-order chi connectivity index (χ1) is 14.3. The van der Waals surface area contributed by atoms with Crippen molar-refractivity contribution < 1.29 is 22.7 Å². The third-order valence-electron chi connectivity index (χ3n) is 4.56. The molecule has 0 spiro atoms. The molecule has 0 radical (unpaired) electrons. The first-order valence-electron chi connectivity index (χ1n) is 8.97. The molecule has 0 aliphatic rings. The van der Waals surface area contributed by atoms with Crippen LogP contribution in [0.4, 0.5) is 13.2 Å². The van der Waals surface area contributed by atoms with Crippen LogP contribution in [0.2, 0.25) is 0 Å². The summed E-state index contributed by atoms with van der Waals surface area (Å²) in [4.78, 5) is 13.0. The van der Waals surface area contributed by atoms with Crippen molar-refractivity contribution in [3.05, 3.63) is 88.5 Å². The van der Waals surface area contributed by atoms with E-state index in [2.05, 4.69) is 4.74 Å². The van der Waals surface area contributed by atoms with Crippen LogP contribution in [0.5, 0.6) is 5.75 Å². The molecule has 0 bridgehead atoms. The zero-order valence-electron chi connectivity index (χ0n) is 16.2. The molecule has 0 saturated carbocycles. The zero-order chi connectivity index (χ0) is 21.8. The first kappa shape index (κ1) is 20.9. The van der Waals surface area contributed by atoms with Crippen molar-refractivity contribution in [1.82, 2.24) is 4.57 Å². The highest BCUT2D eigenvalue weighted by molar-refractivity contribution is 6.15. The molecular formula is C23H17F3N2O2. The Balaban J connectivity index is 2.02. The smallest absolute Gasteiger partial charge is 0.387 e. The van der Waals surface area contributed by atoms with E-state index >= 15 is 0 Å². The van der Waals surface area contributed by atoms with E-state index in [9.17, 15) is 23.2 Å². The van der Waals surface area contributed by atoms with E-state index in [4.69, 9.17) is 0 Å². The number of carbonyl (C=O) groups is 1. The van der Waals surface area contributed by atoms with Gasteiger partial charge in [-0.3, -0.25) is 4.79 Å². The van der Waals surface area contributed by atoms with Gasteiger partial charge in [0.1, 0.15) is 23.2 Å². The van der Waals surface area contributed by atoms with Crippen LogP contribution in [0, 0.1) is 31.0 Å². The summed E-state index contributed by atoms with van der Waals surface area (Å²) in [5, 5.41) is 9.53. The summed E-state index contributed by atoms with van der Waals surface area (Å²) in [7, 11) is 0. The fraction of sp³-hybridized carbons (Fsp3) is 0.130. The molecule has 4 nitrogen and oxygen atoms in total. The predicted molar refractivity (Wildman–Crippen MR) is 106 cm³/mol. The molecule has 0 atom stereocenters. The molecule has 0 unspecified atom stereocenters. The van der Waals surface area contributed by atoms with Gasteiger partial charge in [-0.1, -0.05) is 18.2 Å². The van der Waals surface area contributed by atoms with Crippen LogP contribution in [0.15, 0.2) is 60.2 Å². The molecule has 7 heteroatoms. The van der Waals surface area contributed by atoms with Gasteiger partial charge in [0.05, 0.1) is 0 Å². The number of benzene rings is 2. The minimum absolute atomic E-state index is 0.134. The van der Waals surface area contributed by atoms with Crippen molar-refractivity contribution in [2.45, 2.75) is 20.5 Å². The quantitative estimate of drug-likeness (QED) is 0.301. The molecule has 1 heterocycles. The molecule has 30 heavy (non-hydrogen) atoms. The van der Waals surface area contributed by atoms with Crippen molar-refractivity contribution in [2.24, 2.45) is 0 Å². The lowest BCUT2D eigenvalue weighted by molar-refractivity contribution is -0.0499. The SMILES string of the molecule is Cc1cc(C(=O)/C(C#N)=C/c2ccccc2OC(F)F)c(C)n1-c1ccc(F)cc1. The van der Waals surface area contributed by atoms with Crippen molar-refractivity contribution in [1.29, 1.82) is 5.26 Å². The summed E-state index contributed by atoms with van der Waals surface area (Å²) in [6, 6.07) is 15.2. The number of hydrogen-bond acceptors (Lipinski definition) is 3. The van der Waals surface area contributed by atoms with Gasteiger partial charge in [0.25, 0.3) is 0 Å². The molecule has 0 N–H and O–H groups in total. The topological polar surface area (TPSA) is 55.0 Å². The molecule has 3 aromatic rings. The zero-order valence-corrected chi connectivity index (χ0v) is 16.2. The van der Waals surface area contributed by atoms with Crippen LogP contribution in [0.3, 0.4) is 0 Å². The predicted octanol–water partition coefficient (Wildman–Crippen LogP) is 5.62. The number of aryl methyl sites for hydroxylation is 1. The molecular weight excluding hydrogens is 393 g/mol. The van der Waals surface area contributed by atoms with Crippen molar-refractivity contribution in [3.8, 4) is 17.5 Å². The van der Waals surface area contributed by atoms with E-state index in [-0.39, 0.29) is 28.3 Å². The van der Waals surface area contributed by atoms with Gasteiger partial charge in [0.15, 0.2) is 0 Å². The Morgan fingerprint density at radius 1 is 1.13 bits per heavy atom. The van der Waals surface area contributed by atoms with Gasteiger partial charge >= 0.3 is 6.61 Å². The monoisotopic (exact) mass is 410 g/mol. The number of carbonyl (C=O) groups excluding carboxylic acids is 1. The van der Waals surface area contributed by atoms with Crippen LogP contribution in [-0.2, 0) is 0 Å². The Kier molecular flexibility index (Phi) is 6.07. The Hall–Kier alpha value is -3.79. The second kappa shape index (κ2) is 8.70. The van der Waals surface area contributed by atoms with E-state index < -0.39 is 12.4 Å². The molecule has 0 fully saturated rings. The van der Waals surface area contributed by atoms with Gasteiger partial charge in [0, 0.05) is 28.2 Å². The highest BCUT2D eigenvalue weighted by atomic mass is 19.3. The van der Waals surface area contributed by atoms with Crippen molar-refractivity contribution >= 4 is 11.9 Å². The van der Waals surface area contributed by atoms with Gasteiger partial charge < -0.3 is 9.30 Å². The molecule has 0 amide bonds. The van der Waals surface area contributed by atoms with Crippen LogP contribution in [0.25, 0.3) is 11.8 Å². The summed E-state index contributed by atoms with van der Waals surface area (Å²) in [5.74, 6) is -1.06. The Labute approximate surface area is 171 Å². The molecule has 152 valence electrons. The molecule has 0 aliphatic heterocycles. The second-order valence-corrected chi connectivity index (χ2v) is 6.51. The van der Waals surface area contributed by atoms with Crippen LogP contribution in [0.1, 0.15) is 27.3 Å². The lowest BCUT2D eigenvalue weighted by Crippen LogP contribution is -2.06. The van der Waals surface area contributed by atoms with Gasteiger partial charge in [-0.05, 0) is 56.3 Å². The van der Waals surface area contributed by atoms with Crippen molar-refractivity contribution in [2.75, 3.05) is 0 Å². The van der Waals surface area contributed by atoms with Crippen LogP contribution < -0.4 is 4.74 Å². The van der Waals surface area contributed by atoms with E-state index in [1.807, 2.05) is 6.07 Å². The van der Waals surface area contributed by atoms with Gasteiger partial charge in [-0.25, -0.2) is 4.39 Å². The van der Waals surface area contributed by atoms with Crippen LogP contribution in [-0.4, -0.2) is 17.0 Å². The van der Waals surface area contributed by atoms with Gasteiger partial charge in [-0.2, -0.15) is 14.0 Å². The van der Waals surface area contributed by atoms with E-state index in [1.54, 1.807) is 42.7 Å². The highest BCUT2D eigenvalue weighted by Crippen LogP contribution is 2.26. The normalized spacial score (nSPS) is 11.4. The number of allylic oxidation sites excluding steroid dienone is 1. The fourth-order valence-corrected chi connectivity index (χ4v) is 3.23. The molecule has 1 aromatic heterocycles. The second-order valence-electron chi connectivity index (χ2n) is 6.51. The summed E-state index contributed by atoms with van der Waals surface area (Å²) >= 11 is 0. The molecule has 0 aliphatic carbocycles. The highest BCUT2D eigenvalue weighted by Gasteiger charge is 2.21. The number of rotatable bonds is 6.